The first-order valence-corrected chi connectivity index (χ1v) is 13.0. The summed E-state index contributed by atoms with van der Waals surface area (Å²) in [6, 6.07) is 12.3. The van der Waals surface area contributed by atoms with Crippen LogP contribution in [0.15, 0.2) is 53.6 Å². The molecule has 1 N–H and O–H groups in total. The highest BCUT2D eigenvalue weighted by atomic mass is 32.2. The molecule has 4 rings (SSSR count). The van der Waals surface area contributed by atoms with Crippen molar-refractivity contribution in [2.75, 3.05) is 49.6 Å². The van der Waals surface area contributed by atoms with Gasteiger partial charge in [0.05, 0.1) is 13.2 Å². The van der Waals surface area contributed by atoms with Crippen LogP contribution in [0.2, 0.25) is 0 Å². The van der Waals surface area contributed by atoms with Gasteiger partial charge in [0.25, 0.3) is 0 Å². The summed E-state index contributed by atoms with van der Waals surface area (Å²) >= 11 is 0. The van der Waals surface area contributed by atoms with Gasteiger partial charge < -0.3 is 19.7 Å². The highest BCUT2D eigenvalue weighted by molar-refractivity contribution is 7.89. The Bertz CT molecular complexity index is 1250. The van der Waals surface area contributed by atoms with E-state index in [1.807, 2.05) is 45.0 Å². The number of nitrogens with one attached hydrogen (secondary N) is 1. The first-order chi connectivity index (χ1) is 16.9. The number of aromatic nitrogens is 3. The third-order valence-corrected chi connectivity index (χ3v) is 7.39. The second kappa shape index (κ2) is 10.9. The van der Waals surface area contributed by atoms with Crippen molar-refractivity contribution in [2.45, 2.75) is 25.7 Å². The highest BCUT2D eigenvalue weighted by Gasteiger charge is 2.31. The summed E-state index contributed by atoms with van der Waals surface area (Å²) < 4.78 is 39.5. The van der Waals surface area contributed by atoms with Gasteiger partial charge in [-0.1, -0.05) is 6.07 Å². The summed E-state index contributed by atoms with van der Waals surface area (Å²) in [5.74, 6) is 3.56. The maximum Gasteiger partial charge on any atom is 0.246 e. The van der Waals surface area contributed by atoms with Gasteiger partial charge in [-0.3, -0.25) is 0 Å². The number of pyridine rings is 1. The largest absolute Gasteiger partial charge is 0.494 e. The van der Waals surface area contributed by atoms with Gasteiger partial charge in [-0.05, 0) is 45.0 Å². The van der Waals surface area contributed by atoms with Gasteiger partial charge in [-0.25, -0.2) is 23.4 Å². The second-order valence-corrected chi connectivity index (χ2v) is 9.77. The molecule has 1 aliphatic rings. The van der Waals surface area contributed by atoms with Gasteiger partial charge in [0.15, 0.2) is 0 Å². The summed E-state index contributed by atoms with van der Waals surface area (Å²) in [6.45, 7) is 8.02. The van der Waals surface area contributed by atoms with Crippen LogP contribution in [-0.2, 0) is 10.0 Å². The minimum Gasteiger partial charge on any atom is -0.494 e. The Morgan fingerprint density at radius 3 is 2.40 bits per heavy atom. The number of rotatable bonds is 9. The molecule has 0 radical (unpaired) electrons. The van der Waals surface area contributed by atoms with Crippen molar-refractivity contribution in [3.05, 3.63) is 54.5 Å². The van der Waals surface area contributed by atoms with Crippen LogP contribution in [0.3, 0.4) is 0 Å². The zero-order valence-corrected chi connectivity index (χ0v) is 21.0. The fraction of sp³-hybridized carbons (Fsp3) is 0.375. The molecule has 10 nitrogen and oxygen atoms in total. The van der Waals surface area contributed by atoms with Crippen molar-refractivity contribution in [3.63, 3.8) is 0 Å². The Labute approximate surface area is 206 Å². The summed E-state index contributed by atoms with van der Waals surface area (Å²) in [5, 5.41) is 3.19. The molecule has 11 heteroatoms. The van der Waals surface area contributed by atoms with E-state index in [9.17, 15) is 8.42 Å². The van der Waals surface area contributed by atoms with E-state index in [4.69, 9.17) is 9.47 Å². The van der Waals surface area contributed by atoms with Crippen molar-refractivity contribution in [3.8, 4) is 11.5 Å². The number of hydrogen-bond acceptors (Lipinski definition) is 9. The molecule has 0 aliphatic carbocycles. The number of nitrogens with zero attached hydrogens (tertiary/aromatic N) is 5. The standard InChI is InChI=1S/C24H30N6O4S/c1-4-33-19-9-10-21(20(16-19)34-5-2)35(31,32)30-14-12-29(13-15-30)24-17-23(26-18(3)27-24)28-22-8-6-7-11-25-22/h6-11,16-17H,4-5,12-15H2,1-3H3,(H,25,26,27,28). The molecule has 1 aliphatic heterocycles. The van der Waals surface area contributed by atoms with Gasteiger partial charge in [0.1, 0.15) is 39.7 Å². The Morgan fingerprint density at radius 1 is 0.943 bits per heavy atom. The lowest BCUT2D eigenvalue weighted by Crippen LogP contribution is -2.49. The normalized spacial score (nSPS) is 14.5. The summed E-state index contributed by atoms with van der Waals surface area (Å²) in [6.07, 6.45) is 1.71. The topological polar surface area (TPSA) is 110 Å². The quantitative estimate of drug-likeness (QED) is 0.475. The average molecular weight is 499 g/mol. The highest BCUT2D eigenvalue weighted by Crippen LogP contribution is 2.32. The zero-order chi connectivity index (χ0) is 24.8. The van der Waals surface area contributed by atoms with Crippen LogP contribution in [0.5, 0.6) is 11.5 Å². The Morgan fingerprint density at radius 2 is 1.71 bits per heavy atom. The SMILES string of the molecule is CCOc1ccc(S(=O)(=O)N2CCN(c3cc(Nc4ccccn4)nc(C)n3)CC2)c(OCC)c1. The number of anilines is 3. The van der Waals surface area contributed by atoms with Crippen molar-refractivity contribution in [1.29, 1.82) is 0 Å². The van der Waals surface area contributed by atoms with Gasteiger partial charge in [-0.2, -0.15) is 4.31 Å². The lowest BCUT2D eigenvalue weighted by Gasteiger charge is -2.35. The van der Waals surface area contributed by atoms with E-state index in [2.05, 4.69) is 25.2 Å². The van der Waals surface area contributed by atoms with Crippen LogP contribution < -0.4 is 19.7 Å². The van der Waals surface area contributed by atoms with Crippen LogP contribution in [0.25, 0.3) is 0 Å². The fourth-order valence-electron chi connectivity index (χ4n) is 3.87. The van der Waals surface area contributed by atoms with Crippen molar-refractivity contribution >= 4 is 27.5 Å². The molecular formula is C24H30N6O4S. The number of sulfonamides is 1. The van der Waals surface area contributed by atoms with Crippen LogP contribution in [-0.4, -0.2) is 67.1 Å². The molecule has 1 aromatic carbocycles. The summed E-state index contributed by atoms with van der Waals surface area (Å²) in [4.78, 5) is 15.5. The van der Waals surface area contributed by atoms with E-state index in [1.165, 1.54) is 4.31 Å². The molecule has 0 amide bonds. The van der Waals surface area contributed by atoms with Gasteiger partial charge in [-0.15, -0.1) is 0 Å². The van der Waals surface area contributed by atoms with Gasteiger partial charge >= 0.3 is 0 Å². The zero-order valence-electron chi connectivity index (χ0n) is 20.1. The van der Waals surface area contributed by atoms with Crippen molar-refractivity contribution < 1.29 is 17.9 Å². The predicted octanol–water partition coefficient (Wildman–Crippen LogP) is 3.23. The number of hydrogen-bond donors (Lipinski definition) is 1. The number of aryl methyl sites for hydroxylation is 1. The van der Waals surface area contributed by atoms with Crippen molar-refractivity contribution in [1.82, 2.24) is 19.3 Å². The van der Waals surface area contributed by atoms with Gasteiger partial charge in [0, 0.05) is 44.5 Å². The average Bonchev–Trinajstić information content (AvgIpc) is 2.85. The molecule has 186 valence electrons. The smallest absolute Gasteiger partial charge is 0.246 e. The van der Waals surface area contributed by atoms with Crippen molar-refractivity contribution in [2.24, 2.45) is 0 Å². The van der Waals surface area contributed by atoms with E-state index < -0.39 is 10.0 Å². The Hall–Kier alpha value is -3.44. The predicted molar refractivity (Wildman–Crippen MR) is 134 cm³/mol. The lowest BCUT2D eigenvalue weighted by atomic mass is 10.3. The number of ether oxygens (including phenoxy) is 2. The van der Waals surface area contributed by atoms with E-state index in [-0.39, 0.29) is 4.90 Å². The third kappa shape index (κ3) is 5.80. The molecule has 1 fully saturated rings. The molecule has 2 aromatic heterocycles. The fourth-order valence-corrected chi connectivity index (χ4v) is 5.40. The summed E-state index contributed by atoms with van der Waals surface area (Å²) in [7, 11) is -3.74. The second-order valence-electron chi connectivity index (χ2n) is 7.86. The third-order valence-electron chi connectivity index (χ3n) is 5.45. The monoisotopic (exact) mass is 498 g/mol. The maximum absolute atomic E-state index is 13.5. The molecule has 0 unspecified atom stereocenters. The Kier molecular flexibility index (Phi) is 7.67. The molecule has 0 spiro atoms. The lowest BCUT2D eigenvalue weighted by molar-refractivity contribution is 0.314. The molecule has 3 heterocycles. The molecule has 35 heavy (non-hydrogen) atoms. The van der Waals surface area contributed by atoms with Crippen LogP contribution >= 0.6 is 0 Å². The molecule has 0 bridgehead atoms. The van der Waals surface area contributed by atoms with Gasteiger partial charge in [0.2, 0.25) is 10.0 Å². The number of piperazine rings is 1. The first-order valence-electron chi connectivity index (χ1n) is 11.6. The minimum absolute atomic E-state index is 0.149. The van der Waals surface area contributed by atoms with E-state index in [0.29, 0.717) is 68.4 Å². The molecule has 0 saturated carbocycles. The number of benzene rings is 1. The molecular weight excluding hydrogens is 468 g/mol. The summed E-state index contributed by atoms with van der Waals surface area (Å²) in [5.41, 5.74) is 0. The molecule has 1 saturated heterocycles. The minimum atomic E-state index is -3.74. The van der Waals surface area contributed by atoms with E-state index in [1.54, 1.807) is 24.4 Å². The van der Waals surface area contributed by atoms with E-state index >= 15 is 0 Å². The van der Waals surface area contributed by atoms with Crippen LogP contribution in [0.1, 0.15) is 19.7 Å². The molecule has 0 atom stereocenters. The van der Waals surface area contributed by atoms with Crippen LogP contribution in [0, 0.1) is 6.92 Å². The maximum atomic E-state index is 13.5. The first kappa shape index (κ1) is 24.7. The molecule has 3 aromatic rings. The Balaban J connectivity index is 1.49. The van der Waals surface area contributed by atoms with Crippen LogP contribution in [0.4, 0.5) is 17.5 Å². The van der Waals surface area contributed by atoms with E-state index in [0.717, 1.165) is 5.82 Å².